The minimum absolute atomic E-state index is 0.118. The normalized spacial score (nSPS) is 29.8. The second kappa shape index (κ2) is 5.85. The van der Waals surface area contributed by atoms with Gasteiger partial charge < -0.3 is 20.7 Å². The Morgan fingerprint density at radius 3 is 2.90 bits per heavy atom. The second-order valence-electron chi connectivity index (χ2n) is 4.46. The Hall–Kier alpha value is -1.52. The molecular formula is C11H17N3O6. The number of nitrogen functional groups attached to an aromatic ring is 1. The molecule has 1 aromatic rings. The van der Waals surface area contributed by atoms with Gasteiger partial charge in [0.15, 0.2) is 12.3 Å². The van der Waals surface area contributed by atoms with E-state index >= 15 is 0 Å². The largest absolute Gasteiger partial charge is 0.394 e. The number of aryl methyl sites for hydroxylation is 1. The summed E-state index contributed by atoms with van der Waals surface area (Å²) in [5.74, 6) is 0.118. The summed E-state index contributed by atoms with van der Waals surface area (Å²) in [6.45, 7) is 1.26. The summed E-state index contributed by atoms with van der Waals surface area (Å²) in [4.78, 5) is 25.0. The zero-order valence-electron chi connectivity index (χ0n) is 11.1. The van der Waals surface area contributed by atoms with Gasteiger partial charge in [-0.15, -0.1) is 0 Å². The van der Waals surface area contributed by atoms with Crippen LogP contribution < -0.4 is 11.4 Å². The quantitative estimate of drug-likeness (QED) is 0.443. The molecule has 20 heavy (non-hydrogen) atoms. The SMILES string of the molecule is COO[C@@H]1[C@@H](O)[C@@H](CO)O[C@H]1n1cc(C)c(N)nc1=O. The molecule has 1 aliphatic rings. The van der Waals surface area contributed by atoms with Crippen LogP contribution in [-0.4, -0.2) is 51.8 Å². The highest BCUT2D eigenvalue weighted by atomic mass is 17.2. The Labute approximate surface area is 114 Å². The molecule has 0 bridgehead atoms. The number of anilines is 1. The smallest absolute Gasteiger partial charge is 0.351 e. The number of aromatic nitrogens is 2. The van der Waals surface area contributed by atoms with Crippen molar-refractivity contribution in [2.75, 3.05) is 19.5 Å². The van der Waals surface area contributed by atoms with Crippen molar-refractivity contribution in [1.29, 1.82) is 0 Å². The molecule has 0 saturated carbocycles. The number of aliphatic hydroxyl groups is 2. The van der Waals surface area contributed by atoms with E-state index in [-0.39, 0.29) is 5.82 Å². The van der Waals surface area contributed by atoms with E-state index in [0.717, 1.165) is 4.57 Å². The van der Waals surface area contributed by atoms with Crippen LogP contribution in [0.25, 0.3) is 0 Å². The van der Waals surface area contributed by atoms with Crippen molar-refractivity contribution in [3.63, 3.8) is 0 Å². The highest BCUT2D eigenvalue weighted by molar-refractivity contribution is 5.35. The molecule has 4 N–H and O–H groups in total. The predicted octanol–water partition coefficient (Wildman–Crippen LogP) is -1.67. The molecule has 2 rings (SSSR count). The number of hydrogen-bond donors (Lipinski definition) is 3. The molecule has 9 heteroatoms. The fraction of sp³-hybridized carbons (Fsp3) is 0.636. The lowest BCUT2D eigenvalue weighted by atomic mass is 10.1. The van der Waals surface area contributed by atoms with Gasteiger partial charge in [-0.1, -0.05) is 0 Å². The van der Waals surface area contributed by atoms with Gasteiger partial charge in [0.2, 0.25) is 0 Å². The Bertz CT molecular complexity index is 533. The van der Waals surface area contributed by atoms with E-state index < -0.39 is 36.8 Å². The topological polar surface area (TPSA) is 129 Å². The molecule has 1 fully saturated rings. The van der Waals surface area contributed by atoms with Crippen molar-refractivity contribution < 1.29 is 24.7 Å². The third kappa shape index (κ3) is 2.53. The zero-order chi connectivity index (χ0) is 14.9. The molecule has 1 saturated heterocycles. The minimum atomic E-state index is -1.14. The molecular weight excluding hydrogens is 270 g/mol. The van der Waals surface area contributed by atoms with Crippen molar-refractivity contribution >= 4 is 5.82 Å². The second-order valence-corrected chi connectivity index (χ2v) is 4.46. The van der Waals surface area contributed by atoms with Crippen molar-refractivity contribution in [1.82, 2.24) is 9.55 Å². The van der Waals surface area contributed by atoms with Gasteiger partial charge in [0, 0.05) is 11.8 Å². The van der Waals surface area contributed by atoms with Gasteiger partial charge in [-0.2, -0.15) is 4.98 Å². The van der Waals surface area contributed by atoms with Crippen LogP contribution in [0.3, 0.4) is 0 Å². The Balaban J connectivity index is 2.39. The number of aliphatic hydroxyl groups excluding tert-OH is 2. The van der Waals surface area contributed by atoms with E-state index in [9.17, 15) is 9.90 Å². The number of rotatable bonds is 4. The van der Waals surface area contributed by atoms with Crippen molar-refractivity contribution in [3.05, 3.63) is 22.2 Å². The molecule has 1 aromatic heterocycles. The molecule has 1 aliphatic heterocycles. The predicted molar refractivity (Wildman–Crippen MR) is 66.5 cm³/mol. The summed E-state index contributed by atoms with van der Waals surface area (Å²) in [6, 6.07) is 0. The maximum atomic E-state index is 11.9. The van der Waals surface area contributed by atoms with E-state index in [1.165, 1.54) is 13.3 Å². The van der Waals surface area contributed by atoms with Crippen LogP contribution >= 0.6 is 0 Å². The zero-order valence-corrected chi connectivity index (χ0v) is 11.1. The third-order valence-corrected chi connectivity index (χ3v) is 3.15. The van der Waals surface area contributed by atoms with Crippen LogP contribution in [0, 0.1) is 6.92 Å². The van der Waals surface area contributed by atoms with E-state index in [1.54, 1.807) is 6.92 Å². The first-order valence-electron chi connectivity index (χ1n) is 5.98. The summed E-state index contributed by atoms with van der Waals surface area (Å²) >= 11 is 0. The summed E-state index contributed by atoms with van der Waals surface area (Å²) in [7, 11) is 1.27. The fourth-order valence-electron chi connectivity index (χ4n) is 2.07. The van der Waals surface area contributed by atoms with Gasteiger partial charge in [-0.25, -0.2) is 14.6 Å². The van der Waals surface area contributed by atoms with Gasteiger partial charge in [-0.05, 0) is 6.92 Å². The van der Waals surface area contributed by atoms with Crippen LogP contribution in [-0.2, 0) is 14.5 Å². The highest BCUT2D eigenvalue weighted by Crippen LogP contribution is 2.31. The first kappa shape index (κ1) is 14.9. The first-order chi connectivity index (χ1) is 9.49. The third-order valence-electron chi connectivity index (χ3n) is 3.15. The Morgan fingerprint density at radius 1 is 1.60 bits per heavy atom. The number of nitrogens with two attached hydrogens (primary N) is 1. The average molecular weight is 287 g/mol. The number of ether oxygens (including phenoxy) is 1. The molecule has 2 heterocycles. The summed E-state index contributed by atoms with van der Waals surface area (Å²) < 4.78 is 6.57. The van der Waals surface area contributed by atoms with Crippen LogP contribution in [0.15, 0.2) is 11.0 Å². The molecule has 0 radical (unpaired) electrons. The Morgan fingerprint density at radius 2 is 2.30 bits per heavy atom. The molecule has 0 aliphatic carbocycles. The van der Waals surface area contributed by atoms with Crippen molar-refractivity contribution in [2.45, 2.75) is 31.5 Å². The van der Waals surface area contributed by atoms with Crippen LogP contribution in [0.2, 0.25) is 0 Å². The first-order valence-corrected chi connectivity index (χ1v) is 5.98. The van der Waals surface area contributed by atoms with Crippen LogP contribution in [0.1, 0.15) is 11.8 Å². The van der Waals surface area contributed by atoms with E-state index in [0.29, 0.717) is 5.56 Å². The van der Waals surface area contributed by atoms with Crippen LogP contribution in [0.4, 0.5) is 5.82 Å². The summed E-state index contributed by atoms with van der Waals surface area (Å²) in [5, 5.41) is 19.1. The minimum Gasteiger partial charge on any atom is -0.394 e. The molecule has 0 aromatic carbocycles. The number of nitrogens with zero attached hydrogens (tertiary/aromatic N) is 2. The van der Waals surface area contributed by atoms with E-state index in [2.05, 4.69) is 9.87 Å². The molecule has 4 atom stereocenters. The van der Waals surface area contributed by atoms with Gasteiger partial charge >= 0.3 is 5.69 Å². The molecule has 0 spiro atoms. The maximum absolute atomic E-state index is 11.9. The van der Waals surface area contributed by atoms with Gasteiger partial charge in [0.1, 0.15) is 18.0 Å². The van der Waals surface area contributed by atoms with E-state index in [4.69, 9.17) is 20.5 Å². The molecule has 0 amide bonds. The molecule has 112 valence electrons. The Kier molecular flexibility index (Phi) is 4.35. The summed E-state index contributed by atoms with van der Waals surface area (Å²) in [6.07, 6.45) is -2.52. The molecule has 9 nitrogen and oxygen atoms in total. The van der Waals surface area contributed by atoms with Crippen molar-refractivity contribution in [2.24, 2.45) is 0 Å². The number of hydrogen-bond acceptors (Lipinski definition) is 8. The molecule has 0 unspecified atom stereocenters. The average Bonchev–Trinajstić information content (AvgIpc) is 2.72. The van der Waals surface area contributed by atoms with Gasteiger partial charge in [0.05, 0.1) is 13.7 Å². The lowest BCUT2D eigenvalue weighted by molar-refractivity contribution is -0.327. The van der Waals surface area contributed by atoms with Crippen molar-refractivity contribution in [3.8, 4) is 0 Å². The monoisotopic (exact) mass is 287 g/mol. The fourth-order valence-corrected chi connectivity index (χ4v) is 2.07. The maximum Gasteiger partial charge on any atom is 0.351 e. The highest BCUT2D eigenvalue weighted by Gasteiger charge is 2.46. The van der Waals surface area contributed by atoms with Crippen LogP contribution in [0.5, 0.6) is 0 Å². The standard InChI is InChI=1S/C11H17N3O6/c1-5-3-14(11(17)13-9(5)12)10-8(20-18-2)7(16)6(4-15)19-10/h3,6-8,10,15-16H,4H2,1-2H3,(H2,12,13,17)/t6-,7+,8-,10-/m1/s1. The lowest BCUT2D eigenvalue weighted by Gasteiger charge is -2.20. The van der Waals surface area contributed by atoms with E-state index in [1.807, 2.05) is 0 Å². The lowest BCUT2D eigenvalue weighted by Crippen LogP contribution is -2.38. The summed E-state index contributed by atoms with van der Waals surface area (Å²) in [5.41, 5.74) is 5.48. The van der Waals surface area contributed by atoms with Gasteiger partial charge in [0.25, 0.3) is 0 Å². The van der Waals surface area contributed by atoms with Gasteiger partial charge in [-0.3, -0.25) is 4.57 Å².